The van der Waals surface area contributed by atoms with Crippen LogP contribution in [-0.2, 0) is 23.0 Å². The minimum Gasteiger partial charge on any atom is -0.207 e. The van der Waals surface area contributed by atoms with Gasteiger partial charge in [-0.2, -0.15) is 0 Å². The van der Waals surface area contributed by atoms with E-state index < -0.39 is 10.0 Å². The zero-order chi connectivity index (χ0) is 23.0. The second-order valence-electron chi connectivity index (χ2n) is 9.37. The lowest BCUT2D eigenvalue weighted by Crippen LogP contribution is -2.23. The van der Waals surface area contributed by atoms with Gasteiger partial charge in [-0.05, 0) is 59.1 Å². The molecule has 0 radical (unpaired) electrons. The summed E-state index contributed by atoms with van der Waals surface area (Å²) in [5.41, 5.74) is 4.63. The molecule has 1 N–H and O–H groups in total. The van der Waals surface area contributed by atoms with Gasteiger partial charge in [0.1, 0.15) is 0 Å². The highest BCUT2D eigenvalue weighted by molar-refractivity contribution is 7.89. The largest absolute Gasteiger partial charge is 0.240 e. The Morgan fingerprint density at radius 2 is 1.31 bits per heavy atom. The summed E-state index contributed by atoms with van der Waals surface area (Å²) in [5, 5.41) is 0. The molecular weight excluding hydrogens is 414 g/mol. The number of nitrogens with one attached hydrogen (secondary N) is 1. The number of sulfonamides is 1. The van der Waals surface area contributed by atoms with Gasteiger partial charge in [0.2, 0.25) is 10.0 Å². The molecule has 0 fully saturated rings. The standard InChI is InChI=1S/C28H33NO2S/c1-28(2,3)21-7-10-24-17-19-27(20-18-24)32(30,31)29-22-26-15-13-25(14-16-26)12-11-23-8-5-4-6-9-23/h4-6,8-9,11-20,29H,7,10,21-22H2,1-3H3. The Kier molecular flexibility index (Phi) is 8.05. The number of benzene rings is 3. The van der Waals surface area contributed by atoms with Crippen LogP contribution in [-0.4, -0.2) is 8.42 Å². The first-order valence-electron chi connectivity index (χ1n) is 11.1. The van der Waals surface area contributed by atoms with Crippen LogP contribution < -0.4 is 4.72 Å². The van der Waals surface area contributed by atoms with Gasteiger partial charge < -0.3 is 0 Å². The van der Waals surface area contributed by atoms with Gasteiger partial charge in [-0.15, -0.1) is 0 Å². The summed E-state index contributed by atoms with van der Waals surface area (Å²) in [4.78, 5) is 0.305. The van der Waals surface area contributed by atoms with Crippen LogP contribution in [0.15, 0.2) is 83.8 Å². The summed E-state index contributed by atoms with van der Waals surface area (Å²) in [6, 6.07) is 25.3. The third kappa shape index (κ3) is 7.77. The number of hydrogen-bond acceptors (Lipinski definition) is 2. The Morgan fingerprint density at radius 1 is 0.750 bits per heavy atom. The molecule has 3 aromatic rings. The average Bonchev–Trinajstić information content (AvgIpc) is 2.77. The predicted octanol–water partition coefficient (Wildman–Crippen LogP) is 6.70. The summed E-state index contributed by atoms with van der Waals surface area (Å²) >= 11 is 0. The van der Waals surface area contributed by atoms with Crippen molar-refractivity contribution >= 4 is 22.2 Å². The van der Waals surface area contributed by atoms with Crippen molar-refractivity contribution in [3.05, 3.63) is 101 Å². The first-order valence-corrected chi connectivity index (χ1v) is 12.6. The Hall–Kier alpha value is -2.69. The molecule has 0 aliphatic carbocycles. The van der Waals surface area contributed by atoms with Crippen LogP contribution in [0, 0.1) is 5.41 Å². The van der Waals surface area contributed by atoms with Gasteiger partial charge in [-0.3, -0.25) is 0 Å². The first-order chi connectivity index (χ1) is 15.2. The molecule has 0 bridgehead atoms. The number of aryl methyl sites for hydroxylation is 1. The summed E-state index contributed by atoms with van der Waals surface area (Å²) in [6.45, 7) is 6.98. The molecule has 4 heteroatoms. The van der Waals surface area contributed by atoms with Crippen molar-refractivity contribution < 1.29 is 8.42 Å². The van der Waals surface area contributed by atoms with E-state index in [4.69, 9.17) is 0 Å². The van der Waals surface area contributed by atoms with Crippen molar-refractivity contribution in [2.45, 2.75) is 51.5 Å². The van der Waals surface area contributed by atoms with Gasteiger partial charge >= 0.3 is 0 Å². The molecule has 168 valence electrons. The van der Waals surface area contributed by atoms with Crippen molar-refractivity contribution in [1.82, 2.24) is 4.72 Å². The van der Waals surface area contributed by atoms with Crippen molar-refractivity contribution in [2.75, 3.05) is 0 Å². The normalized spacial score (nSPS) is 12.3. The maximum Gasteiger partial charge on any atom is 0.240 e. The molecule has 0 aliphatic rings. The minimum absolute atomic E-state index is 0.262. The van der Waals surface area contributed by atoms with E-state index in [-0.39, 0.29) is 6.54 Å². The molecule has 3 rings (SSSR count). The Balaban J connectivity index is 1.53. The molecule has 0 unspecified atom stereocenters. The monoisotopic (exact) mass is 447 g/mol. The molecule has 3 aromatic carbocycles. The number of rotatable bonds is 9. The smallest absolute Gasteiger partial charge is 0.207 e. The highest BCUT2D eigenvalue weighted by Gasteiger charge is 2.14. The van der Waals surface area contributed by atoms with Crippen LogP contribution in [0.25, 0.3) is 12.2 Å². The van der Waals surface area contributed by atoms with Crippen LogP contribution in [0.3, 0.4) is 0 Å². The zero-order valence-electron chi connectivity index (χ0n) is 19.2. The van der Waals surface area contributed by atoms with Crippen molar-refractivity contribution in [1.29, 1.82) is 0 Å². The van der Waals surface area contributed by atoms with E-state index in [0.29, 0.717) is 10.3 Å². The summed E-state index contributed by atoms with van der Waals surface area (Å²) in [5.74, 6) is 0. The van der Waals surface area contributed by atoms with E-state index in [1.165, 1.54) is 5.56 Å². The van der Waals surface area contributed by atoms with E-state index >= 15 is 0 Å². The lowest BCUT2D eigenvalue weighted by molar-refractivity contribution is 0.365. The predicted molar refractivity (Wildman–Crippen MR) is 135 cm³/mol. The molecule has 3 nitrogen and oxygen atoms in total. The lowest BCUT2D eigenvalue weighted by atomic mass is 9.89. The van der Waals surface area contributed by atoms with E-state index in [2.05, 4.69) is 43.7 Å². The average molecular weight is 448 g/mol. The molecule has 0 saturated carbocycles. The molecule has 0 amide bonds. The highest BCUT2D eigenvalue weighted by atomic mass is 32.2. The van der Waals surface area contributed by atoms with E-state index in [1.54, 1.807) is 12.1 Å². The molecule has 0 atom stereocenters. The molecule has 0 spiro atoms. The van der Waals surface area contributed by atoms with Gasteiger partial charge in [-0.25, -0.2) is 13.1 Å². The molecule has 0 aliphatic heterocycles. The lowest BCUT2D eigenvalue weighted by Gasteiger charge is -2.17. The molecular formula is C28H33NO2S. The fourth-order valence-electron chi connectivity index (χ4n) is 3.42. The molecule has 0 saturated heterocycles. The van der Waals surface area contributed by atoms with Gasteiger partial charge in [0.15, 0.2) is 0 Å². The first kappa shape index (κ1) is 24.0. The van der Waals surface area contributed by atoms with Gasteiger partial charge in [0, 0.05) is 6.54 Å². The van der Waals surface area contributed by atoms with Crippen molar-refractivity contribution in [2.24, 2.45) is 5.41 Å². The number of hydrogen-bond donors (Lipinski definition) is 1. The van der Waals surface area contributed by atoms with E-state index in [0.717, 1.165) is 36.0 Å². The van der Waals surface area contributed by atoms with Gasteiger partial charge in [0.05, 0.1) is 4.90 Å². The fraction of sp³-hybridized carbons (Fsp3) is 0.286. The summed E-state index contributed by atoms with van der Waals surface area (Å²) in [7, 11) is -3.54. The fourth-order valence-corrected chi connectivity index (χ4v) is 4.44. The van der Waals surface area contributed by atoms with Crippen LogP contribution in [0.5, 0.6) is 0 Å². The van der Waals surface area contributed by atoms with Crippen molar-refractivity contribution in [3.63, 3.8) is 0 Å². The Morgan fingerprint density at radius 3 is 1.91 bits per heavy atom. The second-order valence-corrected chi connectivity index (χ2v) is 11.1. The van der Waals surface area contributed by atoms with Crippen LogP contribution in [0.1, 0.15) is 55.9 Å². The van der Waals surface area contributed by atoms with Gasteiger partial charge in [-0.1, -0.05) is 99.7 Å². The Bertz CT molecular complexity index is 1110. The second kappa shape index (κ2) is 10.8. The van der Waals surface area contributed by atoms with Gasteiger partial charge in [0.25, 0.3) is 0 Å². The highest BCUT2D eigenvalue weighted by Crippen LogP contribution is 2.22. The van der Waals surface area contributed by atoms with Crippen LogP contribution in [0.2, 0.25) is 0 Å². The van der Waals surface area contributed by atoms with Crippen LogP contribution in [0.4, 0.5) is 0 Å². The SMILES string of the molecule is CC(C)(C)CCCc1ccc(S(=O)(=O)NCc2ccc(C=Cc3ccccc3)cc2)cc1. The Labute approximate surface area is 193 Å². The molecule has 0 aromatic heterocycles. The third-order valence-electron chi connectivity index (χ3n) is 5.34. The quantitative estimate of drug-likeness (QED) is 0.371. The maximum absolute atomic E-state index is 12.7. The van der Waals surface area contributed by atoms with Crippen LogP contribution >= 0.6 is 0 Å². The summed E-state index contributed by atoms with van der Waals surface area (Å²) < 4.78 is 28.0. The minimum atomic E-state index is -3.54. The topological polar surface area (TPSA) is 46.2 Å². The van der Waals surface area contributed by atoms with E-state index in [1.807, 2.05) is 60.7 Å². The third-order valence-corrected chi connectivity index (χ3v) is 6.76. The zero-order valence-corrected chi connectivity index (χ0v) is 20.0. The molecule has 32 heavy (non-hydrogen) atoms. The van der Waals surface area contributed by atoms with Crippen molar-refractivity contribution in [3.8, 4) is 0 Å². The summed E-state index contributed by atoms with van der Waals surface area (Å²) in [6.07, 6.45) is 7.33. The molecule has 0 heterocycles. The van der Waals surface area contributed by atoms with E-state index in [9.17, 15) is 8.42 Å². The maximum atomic E-state index is 12.7.